The lowest BCUT2D eigenvalue weighted by molar-refractivity contribution is -0.141. The van der Waals surface area contributed by atoms with Crippen molar-refractivity contribution in [1.29, 1.82) is 0 Å². The summed E-state index contributed by atoms with van der Waals surface area (Å²) < 4.78 is 30.1. The van der Waals surface area contributed by atoms with Crippen LogP contribution in [0.4, 0.5) is 0 Å². The molecule has 1 amide bonds. The van der Waals surface area contributed by atoms with Crippen molar-refractivity contribution in [3.8, 4) is 0 Å². The Morgan fingerprint density at radius 1 is 1.50 bits per heavy atom. The molecule has 1 spiro atoms. The highest BCUT2D eigenvalue weighted by atomic mass is 32.2. The van der Waals surface area contributed by atoms with Crippen LogP contribution in [0.3, 0.4) is 0 Å². The number of thiazole rings is 1. The monoisotopic (exact) mass is 372 g/mol. The Kier molecular flexibility index (Phi) is 4.74. The van der Waals surface area contributed by atoms with Crippen molar-refractivity contribution in [2.75, 3.05) is 25.4 Å². The molecular formula is C16H24N2O4S2. The maximum atomic E-state index is 12.5. The zero-order chi connectivity index (χ0) is 17.5. The normalized spacial score (nSPS) is 24.5. The Morgan fingerprint density at radius 2 is 2.21 bits per heavy atom. The molecule has 0 bridgehead atoms. The van der Waals surface area contributed by atoms with Crippen LogP contribution in [0, 0.1) is 18.8 Å². The third-order valence-corrected chi connectivity index (χ3v) is 8.48. The zero-order valence-corrected chi connectivity index (χ0v) is 16.0. The molecule has 8 heteroatoms. The fraction of sp³-hybridized carbons (Fsp3) is 0.750. The van der Waals surface area contributed by atoms with Gasteiger partial charge in [0.1, 0.15) is 4.75 Å². The van der Waals surface area contributed by atoms with Gasteiger partial charge in [0.2, 0.25) is 5.91 Å². The number of likely N-dealkylation sites (tertiary alicyclic amines) is 1. The van der Waals surface area contributed by atoms with E-state index in [0.29, 0.717) is 32.7 Å². The molecule has 2 saturated heterocycles. The van der Waals surface area contributed by atoms with Gasteiger partial charge in [0.15, 0.2) is 9.84 Å². The number of amides is 1. The molecule has 0 unspecified atom stereocenters. The highest BCUT2D eigenvalue weighted by molar-refractivity contribution is 7.93. The Morgan fingerprint density at radius 3 is 2.79 bits per heavy atom. The van der Waals surface area contributed by atoms with Crippen LogP contribution in [0.5, 0.6) is 0 Å². The van der Waals surface area contributed by atoms with Gasteiger partial charge in [-0.3, -0.25) is 4.79 Å². The fourth-order valence-corrected chi connectivity index (χ4v) is 6.61. The summed E-state index contributed by atoms with van der Waals surface area (Å²) in [6, 6.07) is 0. The molecule has 1 atom stereocenters. The molecule has 1 aromatic heterocycles. The van der Waals surface area contributed by atoms with Gasteiger partial charge in [-0.25, -0.2) is 13.4 Å². The van der Waals surface area contributed by atoms with E-state index in [1.165, 1.54) is 0 Å². The summed E-state index contributed by atoms with van der Waals surface area (Å²) in [6.07, 6.45) is 0.613. The smallest absolute Gasteiger partial charge is 0.225 e. The molecule has 3 heterocycles. The van der Waals surface area contributed by atoms with E-state index in [1.54, 1.807) is 16.2 Å². The van der Waals surface area contributed by atoms with E-state index in [9.17, 15) is 13.2 Å². The van der Waals surface area contributed by atoms with Gasteiger partial charge in [0, 0.05) is 30.3 Å². The van der Waals surface area contributed by atoms with E-state index in [-0.39, 0.29) is 23.5 Å². The summed E-state index contributed by atoms with van der Waals surface area (Å²) in [5.41, 5.74) is 0.887. The highest BCUT2D eigenvalue weighted by Crippen LogP contribution is 2.45. The van der Waals surface area contributed by atoms with Crippen molar-refractivity contribution in [1.82, 2.24) is 9.88 Å². The minimum atomic E-state index is -3.17. The Bertz CT molecular complexity index is 720. The van der Waals surface area contributed by atoms with Gasteiger partial charge in [0.25, 0.3) is 0 Å². The number of hydrogen-bond donors (Lipinski definition) is 0. The second-order valence-electron chi connectivity index (χ2n) is 7.09. The second-order valence-corrected chi connectivity index (χ2v) is 10.6. The largest absolute Gasteiger partial charge is 0.375 e. The first-order chi connectivity index (χ1) is 11.2. The maximum absolute atomic E-state index is 12.5. The van der Waals surface area contributed by atoms with Crippen LogP contribution in [0.25, 0.3) is 0 Å². The molecule has 2 aliphatic rings. The molecule has 1 aromatic rings. The third kappa shape index (κ3) is 2.99. The van der Waals surface area contributed by atoms with E-state index < -0.39 is 14.6 Å². The molecule has 134 valence electrons. The molecule has 2 fully saturated rings. The molecule has 6 nitrogen and oxygen atoms in total. The lowest BCUT2D eigenvalue weighted by atomic mass is 9.83. The van der Waals surface area contributed by atoms with Gasteiger partial charge in [-0.15, -0.1) is 11.3 Å². The Balaban J connectivity index is 1.62. The van der Waals surface area contributed by atoms with Crippen molar-refractivity contribution in [2.45, 2.75) is 38.5 Å². The predicted octanol–water partition coefficient (Wildman–Crippen LogP) is 1.64. The topological polar surface area (TPSA) is 76.6 Å². The van der Waals surface area contributed by atoms with Crippen LogP contribution < -0.4 is 0 Å². The molecule has 0 N–H and O–H groups in total. The number of carbonyl (C=O) groups is 1. The first-order valence-corrected chi connectivity index (χ1v) is 10.8. The SMILES string of the molecule is Cc1nc(COC[C@H]2CCS(=O)(=O)C23CN(C(=O)C(C)C)C3)cs1. The van der Waals surface area contributed by atoms with E-state index in [1.807, 2.05) is 26.2 Å². The highest BCUT2D eigenvalue weighted by Gasteiger charge is 2.62. The summed E-state index contributed by atoms with van der Waals surface area (Å²) in [6.45, 7) is 7.07. The van der Waals surface area contributed by atoms with Gasteiger partial charge in [-0.1, -0.05) is 13.8 Å². The summed E-state index contributed by atoms with van der Waals surface area (Å²) in [7, 11) is -3.17. The first-order valence-electron chi connectivity index (χ1n) is 8.25. The molecule has 0 radical (unpaired) electrons. The summed E-state index contributed by atoms with van der Waals surface area (Å²) in [5, 5.41) is 2.96. The van der Waals surface area contributed by atoms with Crippen LogP contribution in [0.2, 0.25) is 0 Å². The summed E-state index contributed by atoms with van der Waals surface area (Å²) in [4.78, 5) is 18.1. The number of aromatic nitrogens is 1. The maximum Gasteiger partial charge on any atom is 0.225 e. The van der Waals surface area contributed by atoms with Crippen LogP contribution in [-0.2, 0) is 26.0 Å². The average Bonchev–Trinajstić information content (AvgIpc) is 2.98. The minimum absolute atomic E-state index is 0.0281. The number of ether oxygens (including phenoxy) is 1. The standard InChI is InChI=1S/C16H24N2O4S2/c1-11(2)15(19)18-9-16(10-18)13(4-5-24(16,20)21)6-22-7-14-8-23-12(3)17-14/h8,11,13H,4-7,9-10H2,1-3H3/t13-/m1/s1. The van der Waals surface area contributed by atoms with Crippen LogP contribution in [0.1, 0.15) is 31.0 Å². The Hall–Kier alpha value is -0.990. The van der Waals surface area contributed by atoms with Crippen LogP contribution in [-0.4, -0.2) is 54.4 Å². The number of rotatable bonds is 5. The van der Waals surface area contributed by atoms with Gasteiger partial charge in [-0.05, 0) is 13.3 Å². The van der Waals surface area contributed by atoms with Crippen molar-refractivity contribution < 1.29 is 17.9 Å². The fourth-order valence-electron chi connectivity index (χ4n) is 3.61. The number of carbonyl (C=O) groups excluding carboxylic acids is 1. The average molecular weight is 373 g/mol. The second kappa shape index (κ2) is 6.38. The van der Waals surface area contributed by atoms with E-state index in [4.69, 9.17) is 4.74 Å². The van der Waals surface area contributed by atoms with Crippen LogP contribution in [0.15, 0.2) is 5.38 Å². The molecular weight excluding hydrogens is 348 g/mol. The molecule has 0 aromatic carbocycles. The third-order valence-electron chi connectivity index (χ3n) is 5.06. The summed E-state index contributed by atoms with van der Waals surface area (Å²) in [5.74, 6) is 0.0773. The predicted molar refractivity (Wildman–Crippen MR) is 92.5 cm³/mol. The van der Waals surface area contributed by atoms with Gasteiger partial charge < -0.3 is 9.64 Å². The molecule has 3 rings (SSSR count). The minimum Gasteiger partial charge on any atom is -0.375 e. The lowest BCUT2D eigenvalue weighted by Crippen LogP contribution is -2.69. The van der Waals surface area contributed by atoms with Crippen LogP contribution >= 0.6 is 11.3 Å². The number of hydrogen-bond acceptors (Lipinski definition) is 6. The zero-order valence-electron chi connectivity index (χ0n) is 14.3. The molecule has 24 heavy (non-hydrogen) atoms. The van der Waals surface area contributed by atoms with Crippen molar-refractivity contribution in [2.24, 2.45) is 11.8 Å². The van der Waals surface area contributed by atoms with E-state index in [0.717, 1.165) is 10.7 Å². The van der Waals surface area contributed by atoms with Crippen molar-refractivity contribution in [3.63, 3.8) is 0 Å². The number of nitrogens with zero attached hydrogens (tertiary/aromatic N) is 2. The summed E-state index contributed by atoms with van der Waals surface area (Å²) >= 11 is 1.58. The van der Waals surface area contributed by atoms with Gasteiger partial charge in [0.05, 0.1) is 29.7 Å². The van der Waals surface area contributed by atoms with E-state index in [2.05, 4.69) is 4.98 Å². The van der Waals surface area contributed by atoms with Gasteiger partial charge >= 0.3 is 0 Å². The lowest BCUT2D eigenvalue weighted by Gasteiger charge is -2.50. The molecule has 2 aliphatic heterocycles. The number of sulfone groups is 1. The van der Waals surface area contributed by atoms with Crippen molar-refractivity contribution >= 4 is 27.1 Å². The van der Waals surface area contributed by atoms with Crippen molar-refractivity contribution in [3.05, 3.63) is 16.1 Å². The Labute approximate surface area is 147 Å². The number of aryl methyl sites for hydroxylation is 1. The van der Waals surface area contributed by atoms with Gasteiger partial charge in [-0.2, -0.15) is 0 Å². The molecule has 0 aliphatic carbocycles. The molecule has 0 saturated carbocycles. The first kappa shape index (κ1) is 17.8. The van der Waals surface area contributed by atoms with E-state index >= 15 is 0 Å². The quantitative estimate of drug-likeness (QED) is 0.785.